The molecule has 0 aliphatic heterocycles. The van der Waals surface area contributed by atoms with Crippen LogP contribution in [0.3, 0.4) is 0 Å². The Bertz CT molecular complexity index is 699. The van der Waals surface area contributed by atoms with E-state index in [-0.39, 0.29) is 30.0 Å². The fourth-order valence-corrected chi connectivity index (χ4v) is 1.92. The maximum Gasteiger partial charge on any atom is 0.416 e. The van der Waals surface area contributed by atoms with E-state index in [1.165, 1.54) is 24.3 Å². The molecule has 0 aliphatic rings. The van der Waals surface area contributed by atoms with Crippen LogP contribution in [0.15, 0.2) is 28.8 Å². The third kappa shape index (κ3) is 5.55. The van der Waals surface area contributed by atoms with E-state index in [4.69, 9.17) is 10.3 Å². The van der Waals surface area contributed by atoms with Crippen LogP contribution >= 0.6 is 12.4 Å². The Hall–Kier alpha value is -1.90. The zero-order chi connectivity index (χ0) is 17.9. The van der Waals surface area contributed by atoms with Crippen molar-refractivity contribution in [1.29, 1.82) is 0 Å². The summed E-state index contributed by atoms with van der Waals surface area (Å²) in [6.45, 7) is 3.72. The van der Waals surface area contributed by atoms with Crippen LogP contribution in [0.2, 0.25) is 0 Å². The minimum atomic E-state index is -4.37. The van der Waals surface area contributed by atoms with Crippen molar-refractivity contribution in [3.05, 3.63) is 47.1 Å². The molecule has 3 N–H and O–H groups in total. The van der Waals surface area contributed by atoms with Gasteiger partial charge in [-0.25, -0.2) is 0 Å². The highest BCUT2D eigenvalue weighted by molar-refractivity contribution is 5.85. The van der Waals surface area contributed by atoms with Crippen molar-refractivity contribution in [2.45, 2.75) is 32.2 Å². The number of nitrogens with zero attached hydrogens (tertiary/aromatic N) is 2. The van der Waals surface area contributed by atoms with Gasteiger partial charge in [-0.3, -0.25) is 0 Å². The molecule has 2 rings (SSSR count). The molecule has 0 radical (unpaired) electrons. The van der Waals surface area contributed by atoms with Gasteiger partial charge in [0.25, 0.3) is 5.89 Å². The minimum absolute atomic E-state index is 0. The van der Waals surface area contributed by atoms with E-state index in [1.54, 1.807) is 0 Å². The fraction of sp³-hybridized carbons (Fsp3) is 0.375. The van der Waals surface area contributed by atoms with Crippen molar-refractivity contribution in [3.63, 3.8) is 0 Å². The standard InChI is InChI=1S/C16H18F3N3O2.ClH/c1-9(2)13(20)14(23)15-21-12(24-22-15)8-5-10-3-6-11(7-4-10)16(17,18)19;/h3-9,13-14,23H,20H2,1-2H3;1H/t13-,14?;/m0./s1. The van der Waals surface area contributed by atoms with Crippen molar-refractivity contribution in [3.8, 4) is 0 Å². The quantitative estimate of drug-likeness (QED) is 0.829. The average molecular weight is 378 g/mol. The number of aliphatic hydroxyl groups excluding tert-OH is 1. The van der Waals surface area contributed by atoms with Crippen LogP contribution < -0.4 is 5.73 Å². The van der Waals surface area contributed by atoms with Gasteiger partial charge in [0.2, 0.25) is 5.82 Å². The Morgan fingerprint density at radius 2 is 1.76 bits per heavy atom. The van der Waals surface area contributed by atoms with E-state index in [1.807, 2.05) is 13.8 Å². The van der Waals surface area contributed by atoms with Crippen molar-refractivity contribution < 1.29 is 22.8 Å². The molecule has 1 heterocycles. The molecule has 0 aliphatic carbocycles. The second kappa shape index (κ2) is 8.46. The zero-order valence-electron chi connectivity index (χ0n) is 13.6. The van der Waals surface area contributed by atoms with E-state index >= 15 is 0 Å². The van der Waals surface area contributed by atoms with Gasteiger partial charge in [0.15, 0.2) is 0 Å². The lowest BCUT2D eigenvalue weighted by Gasteiger charge is -2.18. The van der Waals surface area contributed by atoms with Gasteiger partial charge >= 0.3 is 6.18 Å². The highest BCUT2D eigenvalue weighted by Crippen LogP contribution is 2.29. The van der Waals surface area contributed by atoms with Crippen molar-refractivity contribution in [2.75, 3.05) is 0 Å². The Balaban J connectivity index is 0.00000312. The molecule has 0 saturated carbocycles. The summed E-state index contributed by atoms with van der Waals surface area (Å²) in [5.41, 5.74) is 5.66. The predicted octanol–water partition coefficient (Wildman–Crippen LogP) is 3.70. The molecule has 5 nitrogen and oxygen atoms in total. The van der Waals surface area contributed by atoms with E-state index in [0.29, 0.717) is 5.56 Å². The molecule has 2 aromatic rings. The van der Waals surface area contributed by atoms with Crippen LogP contribution in [-0.4, -0.2) is 21.3 Å². The van der Waals surface area contributed by atoms with Crippen LogP contribution in [0, 0.1) is 5.92 Å². The van der Waals surface area contributed by atoms with Gasteiger partial charge in [-0.1, -0.05) is 31.1 Å². The van der Waals surface area contributed by atoms with Crippen LogP contribution in [0.5, 0.6) is 0 Å². The monoisotopic (exact) mass is 377 g/mol. The minimum Gasteiger partial charge on any atom is -0.383 e. The first kappa shape index (κ1) is 21.1. The van der Waals surface area contributed by atoms with Crippen molar-refractivity contribution >= 4 is 24.6 Å². The molecule has 2 atom stereocenters. The second-order valence-corrected chi connectivity index (χ2v) is 5.71. The first-order valence-corrected chi connectivity index (χ1v) is 7.31. The Morgan fingerprint density at radius 3 is 2.28 bits per heavy atom. The first-order chi connectivity index (χ1) is 11.2. The van der Waals surface area contributed by atoms with Gasteiger partial charge in [0.1, 0.15) is 6.10 Å². The molecular formula is C16H19ClF3N3O2. The Morgan fingerprint density at radius 1 is 1.16 bits per heavy atom. The lowest BCUT2D eigenvalue weighted by molar-refractivity contribution is -0.137. The summed E-state index contributed by atoms with van der Waals surface area (Å²) in [6, 6.07) is 4.11. The molecule has 0 fully saturated rings. The largest absolute Gasteiger partial charge is 0.416 e. The van der Waals surface area contributed by atoms with E-state index < -0.39 is 23.9 Å². The number of halogens is 4. The summed E-state index contributed by atoms with van der Waals surface area (Å²) >= 11 is 0. The summed E-state index contributed by atoms with van der Waals surface area (Å²) in [5.74, 6) is 0.229. The summed E-state index contributed by atoms with van der Waals surface area (Å²) in [4.78, 5) is 4.01. The fourth-order valence-electron chi connectivity index (χ4n) is 1.92. The van der Waals surface area contributed by atoms with Gasteiger partial charge in [-0.15, -0.1) is 12.4 Å². The number of hydrogen-bond donors (Lipinski definition) is 2. The first-order valence-electron chi connectivity index (χ1n) is 7.31. The SMILES string of the molecule is CC(C)[C@H](N)C(O)c1noc(C=Cc2ccc(C(F)(F)F)cc2)n1.Cl. The van der Waals surface area contributed by atoms with E-state index in [9.17, 15) is 18.3 Å². The van der Waals surface area contributed by atoms with Gasteiger partial charge in [-0.2, -0.15) is 18.2 Å². The highest BCUT2D eigenvalue weighted by atomic mass is 35.5. The topological polar surface area (TPSA) is 85.2 Å². The van der Waals surface area contributed by atoms with Crippen LogP contribution in [-0.2, 0) is 6.18 Å². The Labute approximate surface area is 149 Å². The number of aromatic nitrogens is 2. The molecule has 1 aromatic carbocycles. The molecule has 0 amide bonds. The number of alkyl halides is 3. The molecule has 0 bridgehead atoms. The van der Waals surface area contributed by atoms with Crippen molar-refractivity contribution in [2.24, 2.45) is 11.7 Å². The number of aliphatic hydroxyl groups is 1. The van der Waals surface area contributed by atoms with Crippen LogP contribution in [0.1, 0.15) is 42.8 Å². The summed E-state index contributed by atoms with van der Waals surface area (Å²) < 4.78 is 42.4. The number of hydrogen-bond acceptors (Lipinski definition) is 5. The summed E-state index contributed by atoms with van der Waals surface area (Å²) in [6.07, 6.45) is -2.43. The van der Waals surface area contributed by atoms with Gasteiger partial charge in [-0.05, 0) is 29.7 Å². The molecule has 9 heteroatoms. The van der Waals surface area contributed by atoms with Crippen molar-refractivity contribution in [1.82, 2.24) is 10.1 Å². The lowest BCUT2D eigenvalue weighted by atomic mass is 9.99. The summed E-state index contributed by atoms with van der Waals surface area (Å²) in [5, 5.41) is 13.7. The molecule has 138 valence electrons. The number of rotatable bonds is 5. The molecule has 1 unspecified atom stereocenters. The molecule has 0 spiro atoms. The second-order valence-electron chi connectivity index (χ2n) is 5.71. The lowest BCUT2D eigenvalue weighted by Crippen LogP contribution is -2.34. The van der Waals surface area contributed by atoms with Gasteiger partial charge in [0, 0.05) is 12.1 Å². The van der Waals surface area contributed by atoms with E-state index in [2.05, 4.69) is 10.1 Å². The molecule has 1 aromatic heterocycles. The third-order valence-electron chi connectivity index (χ3n) is 3.51. The summed E-state index contributed by atoms with van der Waals surface area (Å²) in [7, 11) is 0. The maximum absolute atomic E-state index is 12.5. The number of benzene rings is 1. The number of nitrogens with two attached hydrogens (primary N) is 1. The normalized spacial score (nSPS) is 14.6. The third-order valence-corrected chi connectivity index (χ3v) is 3.51. The zero-order valence-corrected chi connectivity index (χ0v) is 14.4. The van der Waals surface area contributed by atoms with Crippen LogP contribution in [0.4, 0.5) is 13.2 Å². The highest BCUT2D eigenvalue weighted by Gasteiger charge is 2.29. The maximum atomic E-state index is 12.5. The van der Waals surface area contributed by atoms with Crippen LogP contribution in [0.25, 0.3) is 12.2 Å². The molecule has 0 saturated heterocycles. The van der Waals surface area contributed by atoms with E-state index in [0.717, 1.165) is 12.1 Å². The predicted molar refractivity (Wildman–Crippen MR) is 89.7 cm³/mol. The molecule has 25 heavy (non-hydrogen) atoms. The molecular weight excluding hydrogens is 359 g/mol. The van der Waals surface area contributed by atoms with Gasteiger partial charge in [0.05, 0.1) is 5.56 Å². The Kier molecular flexibility index (Phi) is 7.16. The van der Waals surface area contributed by atoms with Gasteiger partial charge < -0.3 is 15.4 Å². The average Bonchev–Trinajstić information content (AvgIpc) is 3.00. The smallest absolute Gasteiger partial charge is 0.383 e.